The van der Waals surface area contributed by atoms with Gasteiger partial charge in [0.2, 0.25) is 11.8 Å². The van der Waals surface area contributed by atoms with Crippen molar-refractivity contribution in [3.8, 4) is 0 Å². The molecule has 0 aliphatic carbocycles. The molecule has 0 saturated carbocycles. The highest BCUT2D eigenvalue weighted by Crippen LogP contribution is 2.13. The number of rotatable bonds is 2. The van der Waals surface area contributed by atoms with Crippen molar-refractivity contribution in [2.75, 3.05) is 5.32 Å². The van der Waals surface area contributed by atoms with Crippen LogP contribution in [0.2, 0.25) is 0 Å². The van der Waals surface area contributed by atoms with Crippen LogP contribution in [0.4, 0.5) is 5.69 Å². The van der Waals surface area contributed by atoms with E-state index in [0.717, 1.165) is 0 Å². The van der Waals surface area contributed by atoms with E-state index in [0.29, 0.717) is 11.3 Å². The van der Waals surface area contributed by atoms with Gasteiger partial charge in [-0.3, -0.25) is 9.59 Å². The highest BCUT2D eigenvalue weighted by molar-refractivity contribution is 7.80. The Morgan fingerprint density at radius 1 is 1.26 bits per heavy atom. The number of primary amides is 1. The van der Waals surface area contributed by atoms with Gasteiger partial charge in [-0.15, -0.1) is 0 Å². The van der Waals surface area contributed by atoms with Crippen LogP contribution in [0.1, 0.15) is 31.1 Å². The predicted octanol–water partition coefficient (Wildman–Crippen LogP) is 1.64. The second-order valence-electron chi connectivity index (χ2n) is 5.10. The van der Waals surface area contributed by atoms with Crippen molar-refractivity contribution in [3.63, 3.8) is 0 Å². The lowest BCUT2D eigenvalue weighted by Gasteiger charge is -2.18. The zero-order valence-corrected chi connectivity index (χ0v) is 11.9. The van der Waals surface area contributed by atoms with Crippen molar-refractivity contribution in [2.24, 2.45) is 11.1 Å². The molecule has 0 saturated heterocycles. The normalized spacial score (nSPS) is 10.7. The molecule has 6 heteroatoms. The highest BCUT2D eigenvalue weighted by atomic mass is 32.1. The summed E-state index contributed by atoms with van der Waals surface area (Å²) >= 11 is 5.03. The third kappa shape index (κ3) is 4.67. The first-order chi connectivity index (χ1) is 8.70. The maximum absolute atomic E-state index is 11.7. The number of nitrogens with one attached hydrogen (secondary N) is 2. The van der Waals surface area contributed by atoms with Crippen molar-refractivity contribution in [2.45, 2.75) is 20.8 Å². The van der Waals surface area contributed by atoms with Crippen LogP contribution in [0.3, 0.4) is 0 Å². The molecule has 102 valence electrons. The Labute approximate surface area is 117 Å². The lowest BCUT2D eigenvalue weighted by atomic mass is 9.96. The minimum Gasteiger partial charge on any atom is -0.366 e. The van der Waals surface area contributed by atoms with E-state index in [4.69, 9.17) is 18.0 Å². The average molecular weight is 279 g/mol. The molecule has 2 amide bonds. The molecule has 0 radical (unpaired) electrons. The third-order valence-corrected chi connectivity index (χ3v) is 2.52. The number of carbonyl (C=O) groups excluding carboxylic acids is 2. The number of benzene rings is 1. The summed E-state index contributed by atoms with van der Waals surface area (Å²) in [6.45, 7) is 5.37. The maximum atomic E-state index is 11.7. The zero-order valence-electron chi connectivity index (χ0n) is 11.1. The van der Waals surface area contributed by atoms with Gasteiger partial charge in [0, 0.05) is 16.7 Å². The summed E-state index contributed by atoms with van der Waals surface area (Å²) in [5.74, 6) is -0.704. The molecule has 0 spiro atoms. The number of carbonyl (C=O) groups is 2. The van der Waals surface area contributed by atoms with Gasteiger partial charge in [-0.1, -0.05) is 26.8 Å². The second-order valence-corrected chi connectivity index (χ2v) is 5.51. The standard InChI is InChI=1S/C13H17N3O2S/c1-13(2,3)11(18)16-12(19)15-9-6-4-5-8(7-9)10(14)17/h4-7H,1-3H3,(H2,14,17)(H2,15,16,18,19). The van der Waals surface area contributed by atoms with Gasteiger partial charge in [-0.05, 0) is 30.4 Å². The molecule has 0 atom stereocenters. The molecule has 0 heterocycles. The van der Waals surface area contributed by atoms with E-state index in [1.54, 1.807) is 45.0 Å². The predicted molar refractivity (Wildman–Crippen MR) is 78.8 cm³/mol. The number of hydrogen-bond acceptors (Lipinski definition) is 3. The first-order valence-electron chi connectivity index (χ1n) is 5.72. The van der Waals surface area contributed by atoms with Gasteiger partial charge >= 0.3 is 0 Å². The largest absolute Gasteiger partial charge is 0.366 e. The van der Waals surface area contributed by atoms with Crippen molar-refractivity contribution in [1.82, 2.24) is 5.32 Å². The van der Waals surface area contributed by atoms with Crippen molar-refractivity contribution in [1.29, 1.82) is 0 Å². The van der Waals surface area contributed by atoms with Gasteiger partial charge in [0.05, 0.1) is 0 Å². The summed E-state index contributed by atoms with van der Waals surface area (Å²) in [6.07, 6.45) is 0. The van der Waals surface area contributed by atoms with Crippen LogP contribution in [-0.4, -0.2) is 16.9 Å². The molecular formula is C13H17N3O2S. The molecule has 0 unspecified atom stereocenters. The van der Waals surface area contributed by atoms with Crippen LogP contribution in [0, 0.1) is 5.41 Å². The fraction of sp³-hybridized carbons (Fsp3) is 0.308. The molecule has 0 aliphatic heterocycles. The Morgan fingerprint density at radius 2 is 1.89 bits per heavy atom. The van der Waals surface area contributed by atoms with Gasteiger partial charge in [0.1, 0.15) is 0 Å². The number of anilines is 1. The van der Waals surface area contributed by atoms with Crippen molar-refractivity contribution < 1.29 is 9.59 Å². The van der Waals surface area contributed by atoms with Crippen molar-refractivity contribution in [3.05, 3.63) is 29.8 Å². The van der Waals surface area contributed by atoms with Gasteiger partial charge < -0.3 is 16.4 Å². The van der Waals surface area contributed by atoms with E-state index in [-0.39, 0.29) is 11.0 Å². The third-order valence-electron chi connectivity index (χ3n) is 2.31. The van der Waals surface area contributed by atoms with Gasteiger partial charge in [-0.25, -0.2) is 0 Å². The maximum Gasteiger partial charge on any atom is 0.248 e. The van der Waals surface area contributed by atoms with Gasteiger partial charge in [0.15, 0.2) is 5.11 Å². The Kier molecular flexibility index (Phi) is 4.61. The first-order valence-corrected chi connectivity index (χ1v) is 6.13. The smallest absolute Gasteiger partial charge is 0.248 e. The van der Waals surface area contributed by atoms with Crippen LogP contribution < -0.4 is 16.4 Å². The van der Waals surface area contributed by atoms with Crippen LogP contribution in [0.25, 0.3) is 0 Å². The summed E-state index contributed by atoms with van der Waals surface area (Å²) in [5.41, 5.74) is 5.62. The second kappa shape index (κ2) is 5.79. The molecule has 1 rings (SSSR count). The van der Waals surface area contributed by atoms with Crippen molar-refractivity contribution >= 4 is 34.8 Å². The molecule has 1 aromatic carbocycles. The fourth-order valence-electron chi connectivity index (χ4n) is 1.20. The quantitative estimate of drug-likeness (QED) is 0.719. The highest BCUT2D eigenvalue weighted by Gasteiger charge is 2.21. The minimum absolute atomic E-state index is 0.182. The van der Waals surface area contributed by atoms with Crippen LogP contribution >= 0.6 is 12.2 Å². The monoisotopic (exact) mass is 279 g/mol. The minimum atomic E-state index is -0.527. The summed E-state index contributed by atoms with van der Waals surface area (Å²) in [4.78, 5) is 22.8. The van der Waals surface area contributed by atoms with Crippen LogP contribution in [-0.2, 0) is 4.79 Å². The number of hydrogen-bond donors (Lipinski definition) is 3. The van der Waals surface area contributed by atoms with Gasteiger partial charge in [0.25, 0.3) is 0 Å². The lowest BCUT2D eigenvalue weighted by Crippen LogP contribution is -2.41. The molecule has 4 N–H and O–H groups in total. The molecule has 0 bridgehead atoms. The fourth-order valence-corrected chi connectivity index (χ4v) is 1.41. The molecule has 0 fully saturated rings. The first kappa shape index (κ1) is 15.1. The Morgan fingerprint density at radius 3 is 2.42 bits per heavy atom. The van der Waals surface area contributed by atoms with Crippen LogP contribution in [0.5, 0.6) is 0 Å². The molecular weight excluding hydrogens is 262 g/mol. The summed E-state index contributed by atoms with van der Waals surface area (Å²) < 4.78 is 0. The van der Waals surface area contributed by atoms with E-state index >= 15 is 0 Å². The number of thiocarbonyl (C=S) groups is 1. The molecule has 1 aromatic rings. The van der Waals surface area contributed by atoms with E-state index < -0.39 is 11.3 Å². The van der Waals surface area contributed by atoms with E-state index in [9.17, 15) is 9.59 Å². The Hall–Kier alpha value is -1.95. The van der Waals surface area contributed by atoms with E-state index in [1.807, 2.05) is 0 Å². The number of nitrogens with two attached hydrogens (primary N) is 1. The lowest BCUT2D eigenvalue weighted by molar-refractivity contribution is -0.126. The summed E-state index contributed by atoms with van der Waals surface area (Å²) in [5, 5.41) is 5.60. The molecule has 0 aliphatic rings. The zero-order chi connectivity index (χ0) is 14.6. The topological polar surface area (TPSA) is 84.2 Å². The molecule has 5 nitrogen and oxygen atoms in total. The number of amides is 2. The average Bonchev–Trinajstić information content (AvgIpc) is 2.27. The van der Waals surface area contributed by atoms with Crippen LogP contribution in [0.15, 0.2) is 24.3 Å². The van der Waals surface area contributed by atoms with Gasteiger partial charge in [-0.2, -0.15) is 0 Å². The summed E-state index contributed by atoms with van der Waals surface area (Å²) in [7, 11) is 0. The molecule has 0 aromatic heterocycles. The van der Waals surface area contributed by atoms with E-state index in [1.165, 1.54) is 0 Å². The Bertz CT molecular complexity index is 521. The Balaban J connectivity index is 2.70. The SMILES string of the molecule is CC(C)(C)C(=O)NC(=S)Nc1cccc(C(N)=O)c1. The van der Waals surface area contributed by atoms with E-state index in [2.05, 4.69) is 10.6 Å². The summed E-state index contributed by atoms with van der Waals surface area (Å²) in [6, 6.07) is 6.57. The molecule has 19 heavy (non-hydrogen) atoms.